The lowest BCUT2D eigenvalue weighted by Gasteiger charge is -2.08. The minimum absolute atomic E-state index is 0.328. The Morgan fingerprint density at radius 2 is 2.07 bits per heavy atom. The van der Waals surface area contributed by atoms with Crippen LogP contribution in [0, 0.1) is 6.92 Å². The minimum Gasteiger partial charge on any atom is -0.454 e. The Balaban J connectivity index is 2.10. The molecule has 0 spiro atoms. The molecule has 0 unspecified atom stereocenters. The van der Waals surface area contributed by atoms with Crippen molar-refractivity contribution in [3.05, 3.63) is 23.3 Å². The number of benzene rings is 1. The molecule has 0 aliphatic carbocycles. The normalized spacial score (nSPS) is 13.2. The predicted octanol–water partition coefficient (Wildman–Crippen LogP) is 0.772. The highest BCUT2D eigenvalue weighted by atomic mass is 16.7. The summed E-state index contributed by atoms with van der Waals surface area (Å²) in [6.45, 7) is 4.70. The molecule has 3 N–H and O–H groups in total. The van der Waals surface area contributed by atoms with E-state index in [1.807, 2.05) is 12.1 Å². The molecule has 82 valence electrons. The summed E-state index contributed by atoms with van der Waals surface area (Å²) in [6, 6.07) is 4.04. The van der Waals surface area contributed by atoms with Crippen LogP contribution >= 0.6 is 0 Å². The maximum atomic E-state index is 5.41. The lowest BCUT2D eigenvalue weighted by atomic mass is 10.1. The monoisotopic (exact) mass is 208 g/mol. The van der Waals surface area contributed by atoms with Gasteiger partial charge >= 0.3 is 0 Å². The topological polar surface area (TPSA) is 56.5 Å². The van der Waals surface area contributed by atoms with E-state index in [0.717, 1.165) is 24.6 Å². The SMILES string of the molecule is Cc1cc2c(cc1CNCCN)OCO2. The summed E-state index contributed by atoms with van der Waals surface area (Å²) in [6.07, 6.45) is 0. The van der Waals surface area contributed by atoms with Gasteiger partial charge in [0, 0.05) is 19.6 Å². The number of aryl methyl sites for hydroxylation is 1. The van der Waals surface area contributed by atoms with Crippen molar-refractivity contribution in [2.24, 2.45) is 5.73 Å². The highest BCUT2D eigenvalue weighted by molar-refractivity contribution is 5.48. The zero-order chi connectivity index (χ0) is 10.7. The Bertz CT molecular complexity index is 353. The molecule has 2 rings (SSSR count). The Kier molecular flexibility index (Phi) is 3.08. The van der Waals surface area contributed by atoms with Crippen molar-refractivity contribution < 1.29 is 9.47 Å². The molecule has 0 atom stereocenters. The number of hydrogen-bond acceptors (Lipinski definition) is 4. The van der Waals surface area contributed by atoms with Crippen LogP contribution in [0.3, 0.4) is 0 Å². The van der Waals surface area contributed by atoms with E-state index in [-0.39, 0.29) is 0 Å². The second-order valence-corrected chi connectivity index (χ2v) is 3.60. The quantitative estimate of drug-likeness (QED) is 0.718. The van der Waals surface area contributed by atoms with Gasteiger partial charge in [-0.25, -0.2) is 0 Å². The first kappa shape index (κ1) is 10.3. The van der Waals surface area contributed by atoms with Crippen molar-refractivity contribution in [1.29, 1.82) is 0 Å². The Morgan fingerprint density at radius 3 is 2.80 bits per heavy atom. The molecule has 0 fully saturated rings. The second-order valence-electron chi connectivity index (χ2n) is 3.60. The predicted molar refractivity (Wildman–Crippen MR) is 58.1 cm³/mol. The van der Waals surface area contributed by atoms with E-state index >= 15 is 0 Å². The standard InChI is InChI=1S/C11H16N2O2/c1-8-4-10-11(15-7-14-10)5-9(8)6-13-3-2-12/h4-5,13H,2-3,6-7,12H2,1H3. The molecule has 0 saturated carbocycles. The van der Waals surface area contributed by atoms with Gasteiger partial charge in [-0.1, -0.05) is 0 Å². The number of nitrogens with two attached hydrogens (primary N) is 1. The van der Waals surface area contributed by atoms with Crippen LogP contribution in [0.15, 0.2) is 12.1 Å². The fourth-order valence-corrected chi connectivity index (χ4v) is 1.60. The molecule has 0 aromatic heterocycles. The molecule has 1 aliphatic heterocycles. The highest BCUT2D eigenvalue weighted by Crippen LogP contribution is 2.34. The third kappa shape index (κ3) is 2.22. The molecule has 0 bridgehead atoms. The van der Waals surface area contributed by atoms with Gasteiger partial charge in [0.05, 0.1) is 0 Å². The van der Waals surface area contributed by atoms with E-state index in [4.69, 9.17) is 15.2 Å². The average molecular weight is 208 g/mol. The third-order valence-corrected chi connectivity index (χ3v) is 2.47. The second kappa shape index (κ2) is 4.51. The number of ether oxygens (including phenoxy) is 2. The van der Waals surface area contributed by atoms with E-state index in [9.17, 15) is 0 Å². The first-order chi connectivity index (χ1) is 7.31. The largest absolute Gasteiger partial charge is 0.454 e. The fraction of sp³-hybridized carbons (Fsp3) is 0.455. The fourth-order valence-electron chi connectivity index (χ4n) is 1.60. The van der Waals surface area contributed by atoms with Gasteiger partial charge in [-0.15, -0.1) is 0 Å². The summed E-state index contributed by atoms with van der Waals surface area (Å²) in [4.78, 5) is 0. The summed E-state index contributed by atoms with van der Waals surface area (Å²) in [7, 11) is 0. The van der Waals surface area contributed by atoms with Gasteiger partial charge < -0.3 is 20.5 Å². The van der Waals surface area contributed by atoms with E-state index in [0.29, 0.717) is 13.3 Å². The molecule has 0 amide bonds. The number of nitrogens with one attached hydrogen (secondary N) is 1. The van der Waals surface area contributed by atoms with Gasteiger partial charge in [0.2, 0.25) is 6.79 Å². The summed E-state index contributed by atoms with van der Waals surface area (Å²) in [5.74, 6) is 1.68. The smallest absolute Gasteiger partial charge is 0.231 e. The Hall–Kier alpha value is -1.26. The molecule has 0 radical (unpaired) electrons. The lowest BCUT2D eigenvalue weighted by molar-refractivity contribution is 0.174. The summed E-state index contributed by atoms with van der Waals surface area (Å²) in [5.41, 5.74) is 7.85. The van der Waals surface area contributed by atoms with Crippen LogP contribution in [-0.4, -0.2) is 19.9 Å². The zero-order valence-electron chi connectivity index (χ0n) is 8.88. The molecular weight excluding hydrogens is 192 g/mol. The molecule has 15 heavy (non-hydrogen) atoms. The van der Waals surface area contributed by atoms with E-state index in [1.54, 1.807) is 0 Å². The Labute approximate surface area is 89.4 Å². The Morgan fingerprint density at radius 1 is 1.33 bits per heavy atom. The van der Waals surface area contributed by atoms with Gasteiger partial charge in [-0.05, 0) is 30.2 Å². The number of fused-ring (bicyclic) bond motifs is 1. The summed E-state index contributed by atoms with van der Waals surface area (Å²) in [5, 5.41) is 3.26. The first-order valence-corrected chi connectivity index (χ1v) is 5.11. The average Bonchev–Trinajstić information content (AvgIpc) is 2.65. The van der Waals surface area contributed by atoms with E-state index < -0.39 is 0 Å². The van der Waals surface area contributed by atoms with Crippen LogP contribution in [0.5, 0.6) is 11.5 Å². The summed E-state index contributed by atoms with van der Waals surface area (Å²) >= 11 is 0. The van der Waals surface area contributed by atoms with Crippen LogP contribution in [-0.2, 0) is 6.54 Å². The first-order valence-electron chi connectivity index (χ1n) is 5.11. The van der Waals surface area contributed by atoms with E-state index in [2.05, 4.69) is 12.2 Å². The van der Waals surface area contributed by atoms with Gasteiger partial charge in [-0.2, -0.15) is 0 Å². The van der Waals surface area contributed by atoms with Gasteiger partial charge in [0.15, 0.2) is 11.5 Å². The molecule has 1 aliphatic rings. The van der Waals surface area contributed by atoms with Gasteiger partial charge in [0.1, 0.15) is 0 Å². The highest BCUT2D eigenvalue weighted by Gasteiger charge is 2.15. The molecule has 1 aromatic rings. The minimum atomic E-state index is 0.328. The van der Waals surface area contributed by atoms with Crippen LogP contribution < -0.4 is 20.5 Å². The molecule has 4 nitrogen and oxygen atoms in total. The maximum Gasteiger partial charge on any atom is 0.231 e. The van der Waals surface area contributed by atoms with Crippen molar-refractivity contribution in [2.75, 3.05) is 19.9 Å². The van der Waals surface area contributed by atoms with Crippen LogP contribution in [0.4, 0.5) is 0 Å². The third-order valence-electron chi connectivity index (χ3n) is 2.47. The number of hydrogen-bond donors (Lipinski definition) is 2. The zero-order valence-corrected chi connectivity index (χ0v) is 8.88. The number of rotatable bonds is 4. The maximum absolute atomic E-state index is 5.41. The van der Waals surface area contributed by atoms with Gasteiger partial charge in [-0.3, -0.25) is 0 Å². The van der Waals surface area contributed by atoms with Crippen molar-refractivity contribution >= 4 is 0 Å². The molecule has 0 saturated heterocycles. The lowest BCUT2D eigenvalue weighted by Crippen LogP contribution is -2.22. The molecule has 4 heteroatoms. The molecular formula is C11H16N2O2. The van der Waals surface area contributed by atoms with Crippen molar-refractivity contribution in [3.63, 3.8) is 0 Å². The molecule has 1 heterocycles. The van der Waals surface area contributed by atoms with Crippen molar-refractivity contribution in [2.45, 2.75) is 13.5 Å². The van der Waals surface area contributed by atoms with Crippen molar-refractivity contribution in [3.8, 4) is 11.5 Å². The van der Waals surface area contributed by atoms with Crippen molar-refractivity contribution in [1.82, 2.24) is 5.32 Å². The van der Waals surface area contributed by atoms with Crippen LogP contribution in [0.2, 0.25) is 0 Å². The molecule has 1 aromatic carbocycles. The van der Waals surface area contributed by atoms with E-state index in [1.165, 1.54) is 11.1 Å². The van der Waals surface area contributed by atoms with Crippen LogP contribution in [0.1, 0.15) is 11.1 Å². The van der Waals surface area contributed by atoms with Gasteiger partial charge in [0.25, 0.3) is 0 Å². The summed E-state index contributed by atoms with van der Waals surface area (Å²) < 4.78 is 10.6. The van der Waals surface area contributed by atoms with Crippen LogP contribution in [0.25, 0.3) is 0 Å².